The van der Waals surface area contributed by atoms with E-state index in [1.54, 1.807) is 13.3 Å². The molecule has 6 heteroatoms. The van der Waals surface area contributed by atoms with Crippen molar-refractivity contribution in [3.05, 3.63) is 30.5 Å². The van der Waals surface area contributed by atoms with Crippen molar-refractivity contribution in [1.82, 2.24) is 4.98 Å². The number of nitrogens with zero attached hydrogens (tertiary/aromatic N) is 1. The van der Waals surface area contributed by atoms with E-state index in [9.17, 15) is 4.79 Å². The lowest BCUT2D eigenvalue weighted by atomic mass is 10.1. The van der Waals surface area contributed by atoms with Gasteiger partial charge in [-0.15, -0.1) is 0 Å². The second kappa shape index (κ2) is 6.21. The summed E-state index contributed by atoms with van der Waals surface area (Å²) in [6.45, 7) is 0.143. The molecule has 0 radical (unpaired) electrons. The summed E-state index contributed by atoms with van der Waals surface area (Å²) in [4.78, 5) is 15.1. The Kier molecular flexibility index (Phi) is 4.37. The molecule has 0 bridgehead atoms. The molecule has 1 atom stereocenters. The van der Waals surface area contributed by atoms with Gasteiger partial charge in [-0.2, -0.15) is 0 Å². The van der Waals surface area contributed by atoms with Crippen molar-refractivity contribution in [3.63, 3.8) is 0 Å². The van der Waals surface area contributed by atoms with Gasteiger partial charge in [0, 0.05) is 18.7 Å². The summed E-state index contributed by atoms with van der Waals surface area (Å²) in [5.74, 6) is 0.366. The third-order valence-corrected chi connectivity index (χ3v) is 2.99. The number of carboxylic acid groups (broad SMARTS) is 1. The molecular formula is C14H16N2O4. The second-order valence-corrected chi connectivity index (χ2v) is 4.19. The number of methoxy groups -OCH3 is 2. The molecular weight excluding hydrogens is 260 g/mol. The van der Waals surface area contributed by atoms with Crippen LogP contribution in [0.3, 0.4) is 0 Å². The minimum Gasteiger partial charge on any atom is -0.497 e. The molecule has 0 aliphatic carbocycles. The number of anilines is 1. The molecule has 0 aliphatic rings. The van der Waals surface area contributed by atoms with Gasteiger partial charge in [-0.25, -0.2) is 9.78 Å². The van der Waals surface area contributed by atoms with Crippen molar-refractivity contribution in [3.8, 4) is 5.75 Å². The zero-order chi connectivity index (χ0) is 14.5. The van der Waals surface area contributed by atoms with E-state index in [4.69, 9.17) is 14.6 Å². The Morgan fingerprint density at radius 2 is 2.20 bits per heavy atom. The first-order valence-corrected chi connectivity index (χ1v) is 6.08. The third-order valence-electron chi connectivity index (χ3n) is 2.99. The van der Waals surface area contributed by atoms with E-state index in [1.165, 1.54) is 7.11 Å². The topological polar surface area (TPSA) is 80.7 Å². The van der Waals surface area contributed by atoms with Crippen LogP contribution >= 0.6 is 0 Å². The fourth-order valence-electron chi connectivity index (χ4n) is 1.88. The molecule has 2 N–H and O–H groups in total. The van der Waals surface area contributed by atoms with Gasteiger partial charge in [-0.1, -0.05) is 0 Å². The molecule has 2 rings (SSSR count). The smallest absolute Gasteiger partial charge is 0.334 e. The van der Waals surface area contributed by atoms with Gasteiger partial charge in [0.2, 0.25) is 0 Å². The van der Waals surface area contributed by atoms with E-state index in [0.29, 0.717) is 5.82 Å². The molecule has 1 heterocycles. The van der Waals surface area contributed by atoms with Gasteiger partial charge in [-0.3, -0.25) is 0 Å². The number of carboxylic acids is 1. The predicted octanol–water partition coefficient (Wildman–Crippen LogP) is 1.75. The summed E-state index contributed by atoms with van der Waals surface area (Å²) >= 11 is 0. The Morgan fingerprint density at radius 1 is 1.40 bits per heavy atom. The largest absolute Gasteiger partial charge is 0.497 e. The SMILES string of the molecule is COc1ccc2c(NCC(OC)C(=O)O)nccc2c1. The van der Waals surface area contributed by atoms with Crippen LogP contribution in [0.5, 0.6) is 5.75 Å². The Bertz CT molecular complexity index is 615. The number of rotatable bonds is 6. The highest BCUT2D eigenvalue weighted by molar-refractivity contribution is 5.92. The average molecular weight is 276 g/mol. The van der Waals surface area contributed by atoms with Crippen molar-refractivity contribution in [2.75, 3.05) is 26.1 Å². The third kappa shape index (κ3) is 2.97. The fraction of sp³-hybridized carbons (Fsp3) is 0.286. The van der Waals surface area contributed by atoms with Gasteiger partial charge >= 0.3 is 5.97 Å². The lowest BCUT2D eigenvalue weighted by molar-refractivity contribution is -0.147. The molecule has 20 heavy (non-hydrogen) atoms. The highest BCUT2D eigenvalue weighted by atomic mass is 16.5. The van der Waals surface area contributed by atoms with Crippen LogP contribution in [-0.2, 0) is 9.53 Å². The van der Waals surface area contributed by atoms with Crippen LogP contribution in [0.2, 0.25) is 0 Å². The summed E-state index contributed by atoms with van der Waals surface area (Å²) in [5.41, 5.74) is 0. The molecule has 106 valence electrons. The highest BCUT2D eigenvalue weighted by Crippen LogP contribution is 2.25. The first-order valence-electron chi connectivity index (χ1n) is 6.08. The first kappa shape index (κ1) is 14.1. The standard InChI is InChI=1S/C14H16N2O4/c1-19-10-3-4-11-9(7-10)5-6-15-13(11)16-8-12(20-2)14(17)18/h3-7,12H,8H2,1-2H3,(H,15,16)(H,17,18). The molecule has 0 saturated heterocycles. The van der Waals surface area contributed by atoms with Crippen LogP contribution in [-0.4, -0.2) is 42.9 Å². The van der Waals surface area contributed by atoms with Crippen LogP contribution in [0, 0.1) is 0 Å². The number of pyridine rings is 1. The average Bonchev–Trinajstić information content (AvgIpc) is 2.47. The van der Waals surface area contributed by atoms with Gasteiger partial charge < -0.3 is 19.9 Å². The van der Waals surface area contributed by atoms with Gasteiger partial charge in [0.05, 0.1) is 13.7 Å². The van der Waals surface area contributed by atoms with Crippen LogP contribution < -0.4 is 10.1 Å². The zero-order valence-electron chi connectivity index (χ0n) is 11.3. The molecule has 0 aliphatic heterocycles. The summed E-state index contributed by atoms with van der Waals surface area (Å²) in [6.07, 6.45) is 0.748. The zero-order valence-corrected chi connectivity index (χ0v) is 11.3. The van der Waals surface area contributed by atoms with Crippen LogP contribution in [0.15, 0.2) is 30.5 Å². The lowest BCUT2D eigenvalue weighted by Gasteiger charge is -2.13. The van der Waals surface area contributed by atoms with E-state index < -0.39 is 12.1 Å². The molecule has 1 aromatic carbocycles. The van der Waals surface area contributed by atoms with E-state index in [2.05, 4.69) is 10.3 Å². The van der Waals surface area contributed by atoms with Crippen molar-refractivity contribution < 1.29 is 19.4 Å². The number of aromatic nitrogens is 1. The van der Waals surface area contributed by atoms with Crippen molar-refractivity contribution >= 4 is 22.6 Å². The molecule has 1 aromatic heterocycles. The van der Waals surface area contributed by atoms with Gasteiger partial charge in [-0.05, 0) is 29.7 Å². The minimum atomic E-state index is -1.01. The Labute approximate surface area is 116 Å². The number of aliphatic carboxylic acids is 1. The number of hydrogen-bond acceptors (Lipinski definition) is 5. The number of hydrogen-bond donors (Lipinski definition) is 2. The molecule has 0 fully saturated rings. The quantitative estimate of drug-likeness (QED) is 0.836. The summed E-state index contributed by atoms with van der Waals surface area (Å²) in [6, 6.07) is 7.48. The maximum Gasteiger partial charge on any atom is 0.334 e. The number of nitrogens with one attached hydrogen (secondary N) is 1. The number of benzene rings is 1. The molecule has 1 unspecified atom stereocenters. The Balaban J connectivity index is 2.24. The van der Waals surface area contributed by atoms with E-state index in [-0.39, 0.29) is 6.54 Å². The van der Waals surface area contributed by atoms with E-state index in [1.807, 2.05) is 24.3 Å². The summed E-state index contributed by atoms with van der Waals surface area (Å²) in [7, 11) is 2.97. The van der Waals surface area contributed by atoms with E-state index in [0.717, 1.165) is 16.5 Å². The van der Waals surface area contributed by atoms with Gasteiger partial charge in [0.1, 0.15) is 11.6 Å². The van der Waals surface area contributed by atoms with Crippen molar-refractivity contribution in [1.29, 1.82) is 0 Å². The van der Waals surface area contributed by atoms with E-state index >= 15 is 0 Å². The van der Waals surface area contributed by atoms with Crippen molar-refractivity contribution in [2.24, 2.45) is 0 Å². The number of fused-ring (bicyclic) bond motifs is 1. The highest BCUT2D eigenvalue weighted by Gasteiger charge is 2.16. The monoisotopic (exact) mass is 276 g/mol. The van der Waals surface area contributed by atoms with Crippen LogP contribution in [0.25, 0.3) is 10.8 Å². The number of ether oxygens (including phenoxy) is 2. The van der Waals surface area contributed by atoms with Crippen LogP contribution in [0.1, 0.15) is 0 Å². The normalized spacial score (nSPS) is 12.1. The molecule has 0 saturated carbocycles. The minimum absolute atomic E-state index is 0.143. The van der Waals surface area contributed by atoms with Gasteiger partial charge in [0.15, 0.2) is 6.10 Å². The fourth-order valence-corrected chi connectivity index (χ4v) is 1.88. The Hall–Kier alpha value is -2.34. The maximum absolute atomic E-state index is 10.9. The lowest BCUT2D eigenvalue weighted by Crippen LogP contribution is -2.30. The Morgan fingerprint density at radius 3 is 2.85 bits per heavy atom. The molecule has 2 aromatic rings. The molecule has 0 spiro atoms. The molecule has 6 nitrogen and oxygen atoms in total. The maximum atomic E-state index is 10.9. The van der Waals surface area contributed by atoms with Crippen LogP contribution in [0.4, 0.5) is 5.82 Å². The van der Waals surface area contributed by atoms with Crippen molar-refractivity contribution in [2.45, 2.75) is 6.10 Å². The number of carbonyl (C=O) groups is 1. The predicted molar refractivity (Wildman–Crippen MR) is 75.2 cm³/mol. The molecule has 0 amide bonds. The summed E-state index contributed by atoms with van der Waals surface area (Å²) < 4.78 is 10.0. The first-order chi connectivity index (χ1) is 9.65. The summed E-state index contributed by atoms with van der Waals surface area (Å²) in [5, 5.41) is 13.8. The second-order valence-electron chi connectivity index (χ2n) is 4.19. The van der Waals surface area contributed by atoms with Gasteiger partial charge in [0.25, 0.3) is 0 Å².